The fourth-order valence-corrected chi connectivity index (χ4v) is 4.21. The van der Waals surface area contributed by atoms with Crippen LogP contribution in [0.5, 0.6) is 5.88 Å². The molecular formula is C20H21N3O5S2. The van der Waals surface area contributed by atoms with Gasteiger partial charge in [0.25, 0.3) is 5.91 Å². The number of aromatic nitrogens is 1. The van der Waals surface area contributed by atoms with Crippen LogP contribution in [0.3, 0.4) is 0 Å². The molecule has 0 spiro atoms. The average molecular weight is 448 g/mol. The molecule has 2 heterocycles. The van der Waals surface area contributed by atoms with E-state index in [2.05, 4.69) is 15.0 Å². The van der Waals surface area contributed by atoms with Crippen molar-refractivity contribution in [2.24, 2.45) is 0 Å². The molecule has 2 aromatic heterocycles. The fourth-order valence-electron chi connectivity index (χ4n) is 2.47. The summed E-state index contributed by atoms with van der Waals surface area (Å²) in [6.07, 6.45) is 1.56. The summed E-state index contributed by atoms with van der Waals surface area (Å²) in [5, 5.41) is 4.61. The molecule has 0 aliphatic rings. The monoisotopic (exact) mass is 447 g/mol. The van der Waals surface area contributed by atoms with Gasteiger partial charge in [-0.25, -0.2) is 18.1 Å². The van der Waals surface area contributed by atoms with Gasteiger partial charge in [-0.15, -0.1) is 11.3 Å². The number of ether oxygens (including phenoxy) is 2. The summed E-state index contributed by atoms with van der Waals surface area (Å²) in [4.78, 5) is 17.7. The highest BCUT2D eigenvalue weighted by atomic mass is 32.2. The van der Waals surface area contributed by atoms with Crippen molar-refractivity contribution in [2.75, 3.05) is 25.6 Å². The summed E-state index contributed by atoms with van der Waals surface area (Å²) in [7, 11) is -2.11. The second-order valence-corrected chi connectivity index (χ2v) is 8.88. The molecular weight excluding hydrogens is 426 g/mol. The van der Waals surface area contributed by atoms with Gasteiger partial charge in [-0.1, -0.05) is 6.07 Å². The van der Waals surface area contributed by atoms with E-state index in [4.69, 9.17) is 9.47 Å². The van der Waals surface area contributed by atoms with Crippen molar-refractivity contribution in [2.45, 2.75) is 11.4 Å². The second-order valence-electron chi connectivity index (χ2n) is 6.08. The van der Waals surface area contributed by atoms with Gasteiger partial charge in [0.05, 0.1) is 11.5 Å². The maximum absolute atomic E-state index is 12.6. The minimum atomic E-state index is -3.67. The normalized spacial score (nSPS) is 11.2. The van der Waals surface area contributed by atoms with Gasteiger partial charge in [0.1, 0.15) is 12.3 Å². The number of anilines is 1. The predicted molar refractivity (Wildman–Crippen MR) is 114 cm³/mol. The number of rotatable bonds is 10. The number of benzene rings is 1. The minimum Gasteiger partial charge on any atom is -0.474 e. The number of methoxy groups -OCH3 is 1. The summed E-state index contributed by atoms with van der Waals surface area (Å²) < 4.78 is 37.8. The van der Waals surface area contributed by atoms with Gasteiger partial charge in [-0.05, 0) is 47.8 Å². The van der Waals surface area contributed by atoms with Gasteiger partial charge >= 0.3 is 0 Å². The molecule has 3 rings (SSSR count). The quantitative estimate of drug-likeness (QED) is 0.463. The first-order chi connectivity index (χ1) is 14.5. The lowest BCUT2D eigenvalue weighted by molar-refractivity contribution is 0.102. The molecule has 30 heavy (non-hydrogen) atoms. The number of thiophene rings is 1. The third-order valence-corrected chi connectivity index (χ3v) is 6.28. The van der Waals surface area contributed by atoms with E-state index in [9.17, 15) is 13.2 Å². The highest BCUT2D eigenvalue weighted by Gasteiger charge is 2.16. The van der Waals surface area contributed by atoms with Crippen LogP contribution >= 0.6 is 11.3 Å². The number of carbonyl (C=O) groups is 1. The van der Waals surface area contributed by atoms with E-state index in [0.29, 0.717) is 24.5 Å². The Morgan fingerprint density at radius 3 is 2.60 bits per heavy atom. The highest BCUT2D eigenvalue weighted by molar-refractivity contribution is 7.89. The van der Waals surface area contributed by atoms with Crippen molar-refractivity contribution in [3.63, 3.8) is 0 Å². The van der Waals surface area contributed by atoms with Gasteiger partial charge in [0, 0.05) is 30.3 Å². The van der Waals surface area contributed by atoms with Crippen LogP contribution in [0.1, 0.15) is 15.2 Å². The third kappa shape index (κ3) is 5.86. The number of nitrogens with one attached hydrogen (secondary N) is 2. The van der Waals surface area contributed by atoms with Crippen LogP contribution in [-0.4, -0.2) is 39.6 Å². The summed E-state index contributed by atoms with van der Waals surface area (Å²) in [5.41, 5.74) is 0.715. The molecule has 0 radical (unpaired) electrons. The van der Waals surface area contributed by atoms with Crippen LogP contribution in [0.15, 0.2) is 65.0 Å². The number of nitrogens with zero attached hydrogens (tertiary/aromatic N) is 1. The Morgan fingerprint density at radius 2 is 1.90 bits per heavy atom. The topological polar surface area (TPSA) is 107 Å². The number of sulfonamides is 1. The van der Waals surface area contributed by atoms with Crippen LogP contribution in [0, 0.1) is 0 Å². The molecule has 158 valence electrons. The lowest BCUT2D eigenvalue weighted by atomic mass is 10.2. The number of hydrogen-bond acceptors (Lipinski definition) is 7. The summed E-state index contributed by atoms with van der Waals surface area (Å²) in [6, 6.07) is 12.8. The SMILES string of the molecule is COCCOc1ncccc1NC(=O)c1ccc(S(=O)(=O)NCc2cccs2)cc1. The molecule has 0 aliphatic carbocycles. The molecule has 0 unspecified atom stereocenters. The number of pyridine rings is 1. The van der Waals surface area contributed by atoms with E-state index in [1.54, 1.807) is 25.4 Å². The van der Waals surface area contributed by atoms with Gasteiger partial charge in [-0.2, -0.15) is 0 Å². The van der Waals surface area contributed by atoms with Crippen LogP contribution in [0.4, 0.5) is 5.69 Å². The van der Waals surface area contributed by atoms with Crippen molar-refractivity contribution in [1.82, 2.24) is 9.71 Å². The summed E-state index contributed by atoms with van der Waals surface area (Å²) in [5.74, 6) is -0.130. The maximum Gasteiger partial charge on any atom is 0.255 e. The number of amides is 1. The smallest absolute Gasteiger partial charge is 0.255 e. The molecule has 1 amide bonds. The van der Waals surface area contributed by atoms with Gasteiger partial charge in [0.15, 0.2) is 0 Å². The van der Waals surface area contributed by atoms with E-state index < -0.39 is 15.9 Å². The summed E-state index contributed by atoms with van der Waals surface area (Å²) in [6.45, 7) is 0.900. The van der Waals surface area contributed by atoms with Crippen LogP contribution in [0.2, 0.25) is 0 Å². The maximum atomic E-state index is 12.6. The number of hydrogen-bond donors (Lipinski definition) is 2. The van der Waals surface area contributed by atoms with Crippen molar-refractivity contribution in [1.29, 1.82) is 0 Å². The molecule has 0 fully saturated rings. The zero-order chi connectivity index (χ0) is 21.4. The molecule has 1 aromatic carbocycles. The standard InChI is InChI=1S/C20H21N3O5S2/c1-27-11-12-28-20-18(5-2-10-21-20)23-19(24)15-6-8-17(9-7-15)30(25,26)22-14-16-4-3-13-29-16/h2-10,13,22H,11-12,14H2,1H3,(H,23,24). The molecule has 0 atom stereocenters. The molecule has 0 aliphatic heterocycles. The highest BCUT2D eigenvalue weighted by Crippen LogP contribution is 2.22. The fraction of sp³-hybridized carbons (Fsp3) is 0.200. The Balaban J connectivity index is 1.65. The van der Waals surface area contributed by atoms with Crippen molar-refractivity contribution in [3.05, 3.63) is 70.5 Å². The predicted octanol–water partition coefficient (Wildman–Crippen LogP) is 2.90. The molecule has 0 bridgehead atoms. The minimum absolute atomic E-state index is 0.0839. The number of carbonyl (C=O) groups excluding carboxylic acids is 1. The lowest BCUT2D eigenvalue weighted by Gasteiger charge is -2.11. The van der Waals surface area contributed by atoms with Gasteiger partial charge in [-0.3, -0.25) is 4.79 Å². The second kappa shape index (κ2) is 10.3. The largest absolute Gasteiger partial charge is 0.474 e. The Bertz CT molecular complexity index is 1070. The first-order valence-electron chi connectivity index (χ1n) is 9.00. The molecule has 10 heteroatoms. The Hall–Kier alpha value is -2.79. The molecule has 0 saturated carbocycles. The van der Waals surface area contributed by atoms with Crippen LogP contribution in [0.25, 0.3) is 0 Å². The summed E-state index contributed by atoms with van der Waals surface area (Å²) >= 11 is 1.47. The van der Waals surface area contributed by atoms with E-state index in [0.717, 1.165) is 4.88 Å². The van der Waals surface area contributed by atoms with E-state index in [1.807, 2.05) is 17.5 Å². The Kier molecular flexibility index (Phi) is 7.52. The van der Waals surface area contributed by atoms with E-state index in [1.165, 1.54) is 35.6 Å². The first-order valence-corrected chi connectivity index (χ1v) is 11.4. The first kappa shape index (κ1) is 21.9. The molecule has 8 nitrogen and oxygen atoms in total. The zero-order valence-corrected chi connectivity index (χ0v) is 17.8. The van der Waals surface area contributed by atoms with Gasteiger partial charge in [0.2, 0.25) is 15.9 Å². The van der Waals surface area contributed by atoms with E-state index in [-0.39, 0.29) is 17.3 Å². The van der Waals surface area contributed by atoms with E-state index >= 15 is 0 Å². The Morgan fingerprint density at radius 1 is 1.10 bits per heavy atom. The third-order valence-electron chi connectivity index (χ3n) is 3.99. The molecule has 0 saturated heterocycles. The van der Waals surface area contributed by atoms with Crippen molar-refractivity contribution in [3.8, 4) is 5.88 Å². The van der Waals surface area contributed by atoms with Crippen molar-refractivity contribution < 1.29 is 22.7 Å². The van der Waals surface area contributed by atoms with Crippen LogP contribution in [-0.2, 0) is 21.3 Å². The molecule has 3 aromatic rings. The van der Waals surface area contributed by atoms with Crippen molar-refractivity contribution >= 4 is 33.0 Å². The zero-order valence-electron chi connectivity index (χ0n) is 16.2. The average Bonchev–Trinajstić information content (AvgIpc) is 3.28. The molecule has 2 N–H and O–H groups in total. The van der Waals surface area contributed by atoms with Gasteiger partial charge < -0.3 is 14.8 Å². The van der Waals surface area contributed by atoms with Crippen LogP contribution < -0.4 is 14.8 Å². The lowest BCUT2D eigenvalue weighted by Crippen LogP contribution is -2.23. The Labute approximate surface area is 178 Å².